The normalized spacial score (nSPS) is 11.4. The van der Waals surface area contributed by atoms with Crippen molar-refractivity contribution in [3.8, 4) is 11.5 Å². The van der Waals surface area contributed by atoms with Gasteiger partial charge in [0.25, 0.3) is 5.91 Å². The van der Waals surface area contributed by atoms with Gasteiger partial charge in [0.2, 0.25) is 0 Å². The predicted molar refractivity (Wildman–Crippen MR) is 149 cm³/mol. The van der Waals surface area contributed by atoms with Gasteiger partial charge in [-0.3, -0.25) is 10.2 Å². The Labute approximate surface area is 242 Å². The third kappa shape index (κ3) is 8.82. The van der Waals surface area contributed by atoms with Gasteiger partial charge in [-0.25, -0.2) is 13.6 Å². The van der Waals surface area contributed by atoms with E-state index in [1.54, 1.807) is 18.2 Å². The van der Waals surface area contributed by atoms with Crippen LogP contribution in [0.1, 0.15) is 16.7 Å². The molecule has 0 saturated heterocycles. The van der Waals surface area contributed by atoms with Crippen molar-refractivity contribution in [2.75, 3.05) is 24.9 Å². The Morgan fingerprint density at radius 3 is 2.30 bits per heavy atom. The predicted octanol–water partition coefficient (Wildman–Crippen LogP) is 4.87. The van der Waals surface area contributed by atoms with E-state index in [0.29, 0.717) is 23.1 Å². The minimum absolute atomic E-state index is 0.0313. The van der Waals surface area contributed by atoms with Crippen LogP contribution in [0, 0.1) is 17.0 Å². The standard InChI is InChI=1S/C28H27F5N6O4/c1-42-20-5-3-16(24(11-20)43-2)14-37-26(40)25(35)23(12-34)36-13-15-7-18(29)10-19(8-15)38-27(41)39-22-6-4-17(9-21(22)30)28(31,32)33/h3-12,35-36H,13-14,34H2,1-2H3,(H,37,40)(H2,38,39,41)/b23-12+,35-25?. The maximum atomic E-state index is 14.3. The van der Waals surface area contributed by atoms with Crippen LogP contribution in [0.4, 0.5) is 38.1 Å². The van der Waals surface area contributed by atoms with Crippen molar-refractivity contribution in [2.24, 2.45) is 5.73 Å². The number of nitrogens with one attached hydrogen (secondary N) is 5. The van der Waals surface area contributed by atoms with Crippen molar-refractivity contribution < 1.29 is 41.0 Å². The number of nitrogens with two attached hydrogens (primary N) is 1. The molecule has 0 bridgehead atoms. The largest absolute Gasteiger partial charge is 0.497 e. The van der Waals surface area contributed by atoms with Crippen LogP contribution in [-0.4, -0.2) is 31.9 Å². The number of hydrogen-bond donors (Lipinski definition) is 6. The van der Waals surface area contributed by atoms with Crippen molar-refractivity contribution >= 4 is 29.0 Å². The van der Waals surface area contributed by atoms with Gasteiger partial charge in [0.15, 0.2) is 0 Å². The van der Waals surface area contributed by atoms with Gasteiger partial charge < -0.3 is 36.5 Å². The number of ether oxygens (including phenoxy) is 2. The molecule has 0 heterocycles. The zero-order chi connectivity index (χ0) is 31.7. The van der Waals surface area contributed by atoms with Gasteiger partial charge in [0.05, 0.1) is 31.2 Å². The number of methoxy groups -OCH3 is 2. The number of anilines is 2. The number of rotatable bonds is 11. The molecule has 43 heavy (non-hydrogen) atoms. The number of alkyl halides is 3. The molecule has 0 spiro atoms. The van der Waals surface area contributed by atoms with E-state index in [2.05, 4.69) is 21.3 Å². The summed E-state index contributed by atoms with van der Waals surface area (Å²) in [6.45, 7) is -0.101. The zero-order valence-electron chi connectivity index (χ0n) is 22.8. The van der Waals surface area contributed by atoms with E-state index >= 15 is 0 Å². The highest BCUT2D eigenvalue weighted by atomic mass is 19.4. The number of carbonyl (C=O) groups excluding carboxylic acids is 2. The first-order valence-electron chi connectivity index (χ1n) is 12.3. The van der Waals surface area contributed by atoms with E-state index in [0.717, 1.165) is 24.4 Å². The Morgan fingerprint density at radius 2 is 1.67 bits per heavy atom. The van der Waals surface area contributed by atoms with Gasteiger partial charge >= 0.3 is 12.2 Å². The van der Waals surface area contributed by atoms with E-state index in [1.807, 2.05) is 0 Å². The van der Waals surface area contributed by atoms with Gasteiger partial charge in [0.1, 0.15) is 28.8 Å². The van der Waals surface area contributed by atoms with E-state index in [-0.39, 0.29) is 36.1 Å². The molecule has 3 aromatic carbocycles. The molecule has 3 aromatic rings. The summed E-state index contributed by atoms with van der Waals surface area (Å²) >= 11 is 0. The minimum atomic E-state index is -4.76. The molecule has 0 aliphatic rings. The third-order valence-corrected chi connectivity index (χ3v) is 5.84. The van der Waals surface area contributed by atoms with Crippen LogP contribution in [0.15, 0.2) is 66.5 Å². The topological polar surface area (TPSA) is 151 Å². The summed E-state index contributed by atoms with van der Waals surface area (Å²) in [5, 5.41) is 17.8. The highest BCUT2D eigenvalue weighted by molar-refractivity contribution is 6.43. The second-order valence-corrected chi connectivity index (χ2v) is 8.79. The first-order valence-corrected chi connectivity index (χ1v) is 12.3. The fourth-order valence-corrected chi connectivity index (χ4v) is 3.71. The maximum absolute atomic E-state index is 14.3. The van der Waals surface area contributed by atoms with Crippen molar-refractivity contribution in [1.82, 2.24) is 10.6 Å². The molecule has 0 aliphatic carbocycles. The maximum Gasteiger partial charge on any atom is 0.416 e. The molecular weight excluding hydrogens is 579 g/mol. The van der Waals surface area contributed by atoms with E-state index < -0.39 is 46.7 Å². The molecule has 0 aliphatic heterocycles. The van der Waals surface area contributed by atoms with Gasteiger partial charge in [0, 0.05) is 36.6 Å². The van der Waals surface area contributed by atoms with E-state index in [1.165, 1.54) is 20.3 Å². The molecule has 0 radical (unpaired) electrons. The Morgan fingerprint density at radius 1 is 0.930 bits per heavy atom. The molecule has 228 valence electrons. The lowest BCUT2D eigenvalue weighted by Gasteiger charge is -2.15. The van der Waals surface area contributed by atoms with Crippen LogP contribution < -0.4 is 36.5 Å². The third-order valence-electron chi connectivity index (χ3n) is 5.84. The van der Waals surface area contributed by atoms with Gasteiger partial charge in [-0.2, -0.15) is 13.2 Å². The van der Waals surface area contributed by atoms with Crippen molar-refractivity contribution in [3.05, 3.63) is 94.8 Å². The molecule has 10 nitrogen and oxygen atoms in total. The fraction of sp³-hybridized carbons (Fsp3) is 0.179. The Kier molecular flexibility index (Phi) is 10.5. The lowest BCUT2D eigenvalue weighted by atomic mass is 10.1. The first-order chi connectivity index (χ1) is 20.3. The highest BCUT2D eigenvalue weighted by Crippen LogP contribution is 2.31. The Bertz CT molecular complexity index is 1540. The molecule has 0 saturated carbocycles. The second kappa shape index (κ2) is 14.0. The van der Waals surface area contributed by atoms with Crippen LogP contribution in [0.5, 0.6) is 11.5 Å². The van der Waals surface area contributed by atoms with Crippen molar-refractivity contribution in [1.29, 1.82) is 5.41 Å². The van der Waals surface area contributed by atoms with E-state index in [9.17, 15) is 31.5 Å². The molecule has 0 fully saturated rings. The number of urea groups is 1. The molecule has 15 heteroatoms. The minimum Gasteiger partial charge on any atom is -0.497 e. The summed E-state index contributed by atoms with van der Waals surface area (Å²) in [6, 6.07) is 8.95. The van der Waals surface area contributed by atoms with Crippen LogP contribution in [0.2, 0.25) is 0 Å². The molecule has 3 amide bonds. The first kappa shape index (κ1) is 32.2. The van der Waals surface area contributed by atoms with Crippen LogP contribution in [-0.2, 0) is 24.1 Å². The van der Waals surface area contributed by atoms with Gasteiger partial charge in [-0.15, -0.1) is 0 Å². The smallest absolute Gasteiger partial charge is 0.416 e. The lowest BCUT2D eigenvalue weighted by molar-refractivity contribution is -0.137. The fourth-order valence-electron chi connectivity index (χ4n) is 3.71. The Balaban J connectivity index is 1.60. The van der Waals surface area contributed by atoms with Gasteiger partial charge in [-0.05, 0) is 54.1 Å². The zero-order valence-corrected chi connectivity index (χ0v) is 22.8. The molecule has 7 N–H and O–H groups in total. The summed E-state index contributed by atoms with van der Waals surface area (Å²) in [7, 11) is 2.96. The highest BCUT2D eigenvalue weighted by Gasteiger charge is 2.31. The lowest BCUT2D eigenvalue weighted by Crippen LogP contribution is -2.35. The Hall–Kier alpha value is -5.34. The summed E-state index contributed by atoms with van der Waals surface area (Å²) in [6.07, 6.45) is -3.78. The SMILES string of the molecule is COc1ccc(CNC(=O)C(=N)/C(=C\N)NCc2cc(F)cc(NC(=O)Nc3ccc(C(F)(F)F)cc3F)c2)c(OC)c1. The monoisotopic (exact) mass is 606 g/mol. The van der Waals surface area contributed by atoms with Crippen molar-refractivity contribution in [2.45, 2.75) is 19.3 Å². The molecule has 0 unspecified atom stereocenters. The molecule has 0 atom stereocenters. The quantitative estimate of drug-likeness (QED) is 0.135. The van der Waals surface area contributed by atoms with Crippen LogP contribution >= 0.6 is 0 Å². The summed E-state index contributed by atoms with van der Waals surface area (Å²) in [4.78, 5) is 24.9. The number of halogens is 5. The van der Waals surface area contributed by atoms with Crippen LogP contribution in [0.25, 0.3) is 0 Å². The number of benzene rings is 3. The summed E-state index contributed by atoms with van der Waals surface area (Å²) < 4.78 is 76.9. The number of amides is 3. The van der Waals surface area contributed by atoms with E-state index in [4.69, 9.17) is 20.6 Å². The average Bonchev–Trinajstić information content (AvgIpc) is 2.96. The van der Waals surface area contributed by atoms with Crippen LogP contribution in [0.3, 0.4) is 0 Å². The average molecular weight is 607 g/mol. The second-order valence-electron chi connectivity index (χ2n) is 8.79. The van der Waals surface area contributed by atoms with Gasteiger partial charge in [-0.1, -0.05) is 0 Å². The molecule has 3 rings (SSSR count). The summed E-state index contributed by atoms with van der Waals surface area (Å²) in [5.41, 5.74) is 4.07. The van der Waals surface area contributed by atoms with Crippen molar-refractivity contribution in [3.63, 3.8) is 0 Å². The summed E-state index contributed by atoms with van der Waals surface area (Å²) in [5.74, 6) is -1.83. The number of hydrogen-bond acceptors (Lipinski definition) is 7. The number of carbonyl (C=O) groups is 2. The molecular formula is C28H27F5N6O4. The molecule has 0 aromatic heterocycles.